The van der Waals surface area contributed by atoms with E-state index in [4.69, 9.17) is 0 Å². The van der Waals surface area contributed by atoms with E-state index in [2.05, 4.69) is 4.18 Å². The van der Waals surface area contributed by atoms with Gasteiger partial charge in [0.15, 0.2) is 5.78 Å². The Morgan fingerprint density at radius 2 is 2.00 bits per heavy atom. The molecule has 0 aromatic rings. The summed E-state index contributed by atoms with van der Waals surface area (Å²) in [7, 11) is -3.61. The normalized spacial score (nSPS) is 37.1. The van der Waals surface area contributed by atoms with Crippen LogP contribution in [0.1, 0.15) is 20.3 Å². The summed E-state index contributed by atoms with van der Waals surface area (Å²) in [6, 6.07) is 0. The summed E-state index contributed by atoms with van der Waals surface area (Å²) < 4.78 is 26.5. The Labute approximate surface area is 65.7 Å². The molecule has 0 saturated carbocycles. The molecule has 0 bridgehead atoms. The fraction of sp³-hybridized carbons (Fsp3) is 0.833. The van der Waals surface area contributed by atoms with Crippen LogP contribution in [0.5, 0.6) is 0 Å². The van der Waals surface area contributed by atoms with Crippen LogP contribution in [0, 0.1) is 0 Å². The Morgan fingerprint density at radius 3 is 2.45 bits per heavy atom. The smallest absolute Gasteiger partial charge is 0.277 e. The van der Waals surface area contributed by atoms with Gasteiger partial charge in [0.2, 0.25) is 0 Å². The van der Waals surface area contributed by atoms with Crippen LogP contribution in [0.25, 0.3) is 0 Å². The van der Waals surface area contributed by atoms with Crippen LogP contribution in [0.2, 0.25) is 0 Å². The zero-order valence-electron chi connectivity index (χ0n) is 6.40. The van der Waals surface area contributed by atoms with Crippen LogP contribution in [0.3, 0.4) is 0 Å². The fourth-order valence-electron chi connectivity index (χ4n) is 0.957. The Morgan fingerprint density at radius 1 is 1.45 bits per heavy atom. The van der Waals surface area contributed by atoms with E-state index in [9.17, 15) is 13.2 Å². The highest BCUT2D eigenvalue weighted by Gasteiger charge is 2.36. The van der Waals surface area contributed by atoms with Crippen molar-refractivity contribution in [3.8, 4) is 0 Å². The Hall–Kier alpha value is -0.420. The maximum Gasteiger partial charge on any atom is 0.277 e. The summed E-state index contributed by atoms with van der Waals surface area (Å²) in [4.78, 5) is 11.0. The van der Waals surface area contributed by atoms with Gasteiger partial charge in [0.25, 0.3) is 10.1 Å². The van der Waals surface area contributed by atoms with Crippen molar-refractivity contribution in [2.45, 2.75) is 31.6 Å². The van der Waals surface area contributed by atoms with E-state index in [1.807, 2.05) is 0 Å². The molecule has 5 heteroatoms. The molecule has 1 rings (SSSR count). The van der Waals surface area contributed by atoms with Crippen LogP contribution in [-0.4, -0.2) is 25.6 Å². The molecule has 1 heterocycles. The molecule has 2 atom stereocenters. The molecule has 1 aliphatic rings. The molecule has 0 amide bonds. The van der Waals surface area contributed by atoms with Crippen molar-refractivity contribution in [2.75, 3.05) is 0 Å². The quantitative estimate of drug-likeness (QED) is 0.493. The first-order chi connectivity index (χ1) is 4.93. The first kappa shape index (κ1) is 8.67. The van der Waals surface area contributed by atoms with Crippen molar-refractivity contribution in [1.82, 2.24) is 0 Å². The molecule has 1 aliphatic heterocycles. The third-order valence-electron chi connectivity index (χ3n) is 1.67. The highest BCUT2D eigenvalue weighted by molar-refractivity contribution is 7.88. The van der Waals surface area contributed by atoms with Gasteiger partial charge in [-0.1, -0.05) is 0 Å². The fourth-order valence-corrected chi connectivity index (χ4v) is 2.07. The Bertz CT molecular complexity index is 266. The van der Waals surface area contributed by atoms with E-state index in [1.54, 1.807) is 6.92 Å². The first-order valence-corrected chi connectivity index (χ1v) is 4.85. The molecule has 0 aromatic carbocycles. The number of rotatable bonds is 0. The lowest BCUT2D eigenvalue weighted by molar-refractivity contribution is -0.121. The van der Waals surface area contributed by atoms with E-state index >= 15 is 0 Å². The lowest BCUT2D eigenvalue weighted by Gasteiger charge is -2.22. The second-order valence-corrected chi connectivity index (χ2v) is 4.60. The van der Waals surface area contributed by atoms with E-state index in [0.717, 1.165) is 0 Å². The average Bonchev–Trinajstić information content (AvgIpc) is 1.81. The van der Waals surface area contributed by atoms with Gasteiger partial charge >= 0.3 is 0 Å². The predicted octanol–water partition coefficient (Wildman–Crippen LogP) is 0.0826. The molecular weight excluding hydrogens is 168 g/mol. The van der Waals surface area contributed by atoms with E-state index in [0.29, 0.717) is 0 Å². The molecular formula is C6H10O4S. The second kappa shape index (κ2) is 2.57. The summed E-state index contributed by atoms with van der Waals surface area (Å²) in [6.45, 7) is 2.92. The number of Topliss-reactive ketones (excluding diaryl/α,β-unsaturated/α-hetero) is 1. The van der Waals surface area contributed by atoms with Crippen LogP contribution in [0.4, 0.5) is 0 Å². The Balaban J connectivity index is 2.93. The summed E-state index contributed by atoms with van der Waals surface area (Å²) in [5.41, 5.74) is 0. The van der Waals surface area contributed by atoms with Gasteiger partial charge in [-0.15, -0.1) is 0 Å². The van der Waals surface area contributed by atoms with Crippen molar-refractivity contribution in [2.24, 2.45) is 0 Å². The minimum atomic E-state index is -3.61. The molecule has 4 nitrogen and oxygen atoms in total. The number of hydrogen-bond donors (Lipinski definition) is 0. The highest BCUT2D eigenvalue weighted by Crippen LogP contribution is 2.18. The zero-order chi connectivity index (χ0) is 8.65. The molecule has 0 aliphatic carbocycles. The largest absolute Gasteiger partial charge is 0.298 e. The Kier molecular flexibility index (Phi) is 2.02. The van der Waals surface area contributed by atoms with Gasteiger partial charge in [-0.3, -0.25) is 8.98 Å². The molecule has 1 saturated heterocycles. The van der Waals surface area contributed by atoms with Crippen LogP contribution < -0.4 is 0 Å². The van der Waals surface area contributed by atoms with Gasteiger partial charge in [0, 0.05) is 6.42 Å². The number of carbonyl (C=O) groups excluding carboxylic acids is 1. The maximum atomic E-state index is 11.0. The van der Waals surface area contributed by atoms with E-state index < -0.39 is 21.5 Å². The van der Waals surface area contributed by atoms with E-state index in [-0.39, 0.29) is 12.2 Å². The molecule has 0 N–H and O–H groups in total. The maximum absolute atomic E-state index is 11.0. The monoisotopic (exact) mass is 178 g/mol. The topological polar surface area (TPSA) is 60.4 Å². The summed E-state index contributed by atoms with van der Waals surface area (Å²) in [5.74, 6) is -0.260. The molecule has 1 fully saturated rings. The predicted molar refractivity (Wildman–Crippen MR) is 38.6 cm³/mol. The van der Waals surface area contributed by atoms with Gasteiger partial charge in [-0.25, -0.2) is 0 Å². The van der Waals surface area contributed by atoms with Crippen molar-refractivity contribution in [3.05, 3.63) is 0 Å². The number of hydrogen-bond acceptors (Lipinski definition) is 4. The third kappa shape index (κ3) is 1.59. The van der Waals surface area contributed by atoms with Crippen LogP contribution >= 0.6 is 0 Å². The SMILES string of the molecule is CC1CC(=O)C(C)S(=O)(=O)O1. The van der Waals surface area contributed by atoms with Gasteiger partial charge in [-0.2, -0.15) is 8.42 Å². The lowest BCUT2D eigenvalue weighted by Crippen LogP contribution is -2.38. The standard InChI is InChI=1S/C6H10O4S/c1-4-3-6(7)5(2)11(8,9)10-4/h4-5H,3H2,1-2H3. The molecule has 2 unspecified atom stereocenters. The summed E-state index contributed by atoms with van der Waals surface area (Å²) in [6.07, 6.45) is -0.302. The number of carbonyl (C=O) groups is 1. The zero-order valence-corrected chi connectivity index (χ0v) is 7.22. The molecule has 0 radical (unpaired) electrons. The molecule has 11 heavy (non-hydrogen) atoms. The first-order valence-electron chi connectivity index (χ1n) is 3.38. The number of ketones is 1. The molecule has 0 spiro atoms. The van der Waals surface area contributed by atoms with Crippen molar-refractivity contribution < 1.29 is 17.4 Å². The van der Waals surface area contributed by atoms with Crippen LogP contribution in [-0.2, 0) is 19.1 Å². The van der Waals surface area contributed by atoms with Gasteiger partial charge < -0.3 is 0 Å². The molecule has 0 aromatic heterocycles. The van der Waals surface area contributed by atoms with Crippen LogP contribution in [0.15, 0.2) is 0 Å². The second-order valence-electron chi connectivity index (χ2n) is 2.71. The van der Waals surface area contributed by atoms with Crippen molar-refractivity contribution in [3.63, 3.8) is 0 Å². The van der Waals surface area contributed by atoms with E-state index in [1.165, 1.54) is 6.92 Å². The minimum Gasteiger partial charge on any atom is -0.298 e. The summed E-state index contributed by atoms with van der Waals surface area (Å²) >= 11 is 0. The van der Waals surface area contributed by atoms with Gasteiger partial charge in [0.05, 0.1) is 6.10 Å². The lowest BCUT2D eigenvalue weighted by atomic mass is 10.1. The summed E-state index contributed by atoms with van der Waals surface area (Å²) in [5, 5.41) is -0.987. The van der Waals surface area contributed by atoms with Gasteiger partial charge in [0.1, 0.15) is 5.25 Å². The van der Waals surface area contributed by atoms with Gasteiger partial charge in [-0.05, 0) is 13.8 Å². The van der Waals surface area contributed by atoms with Crippen molar-refractivity contribution in [1.29, 1.82) is 0 Å². The molecule has 64 valence electrons. The van der Waals surface area contributed by atoms with Crippen molar-refractivity contribution >= 4 is 15.9 Å². The third-order valence-corrected chi connectivity index (χ3v) is 3.40. The minimum absolute atomic E-state index is 0.195. The highest BCUT2D eigenvalue weighted by atomic mass is 32.2. The average molecular weight is 178 g/mol.